The molecule has 0 aromatic heterocycles. The van der Waals surface area contributed by atoms with E-state index >= 15 is 0 Å². The highest BCUT2D eigenvalue weighted by atomic mass is 32.5. The first-order valence-corrected chi connectivity index (χ1v) is 6.29. The third-order valence-corrected chi connectivity index (χ3v) is 3.16. The maximum Gasteiger partial charge on any atom is 0.325 e. The van der Waals surface area contributed by atoms with Gasteiger partial charge in [-0.25, -0.2) is 4.67 Å². The van der Waals surface area contributed by atoms with Gasteiger partial charge in [-0.1, -0.05) is 12.2 Å². The Kier molecular flexibility index (Phi) is 5.18. The Bertz CT molecular complexity index is 287. The average Bonchev–Trinajstić information content (AvgIpc) is 2.02. The van der Waals surface area contributed by atoms with Crippen molar-refractivity contribution >= 4 is 24.4 Å². The molecule has 0 aliphatic rings. The van der Waals surface area contributed by atoms with Crippen molar-refractivity contribution in [1.29, 1.82) is 0 Å². The van der Waals surface area contributed by atoms with Gasteiger partial charge in [-0.2, -0.15) is 0 Å². The van der Waals surface area contributed by atoms with E-state index in [1.165, 1.54) is 6.08 Å². The van der Waals surface area contributed by atoms with Crippen molar-refractivity contribution in [1.82, 2.24) is 4.67 Å². The highest BCUT2D eigenvalue weighted by Gasteiger charge is 2.30. The zero-order chi connectivity index (χ0) is 11.4. The Morgan fingerprint density at radius 2 is 2.07 bits per heavy atom. The van der Waals surface area contributed by atoms with Gasteiger partial charge in [0.15, 0.2) is 0 Å². The maximum absolute atomic E-state index is 10.7. The van der Waals surface area contributed by atoms with Crippen LogP contribution in [-0.2, 0) is 16.6 Å². The number of hydrogen-bond acceptors (Lipinski definition) is 2. The molecule has 0 radical (unpaired) electrons. The van der Waals surface area contributed by atoms with Gasteiger partial charge >= 0.3 is 5.97 Å². The van der Waals surface area contributed by atoms with E-state index in [1.807, 2.05) is 0 Å². The molecule has 0 aromatic carbocycles. The zero-order valence-corrected chi connectivity index (χ0v) is 9.12. The van der Waals surface area contributed by atoms with Crippen LogP contribution < -0.4 is 0 Å². The second-order valence-electron chi connectivity index (χ2n) is 2.44. The molecule has 3 N–H and O–H groups in total. The fraction of sp³-hybridized carbons (Fsp3) is 0.286. The van der Waals surface area contributed by atoms with Crippen LogP contribution in [0, 0.1) is 0 Å². The molecular weight excluding hydrogens is 225 g/mol. The molecule has 7 heteroatoms. The lowest BCUT2D eigenvalue weighted by molar-refractivity contribution is -0.139. The molecule has 0 saturated heterocycles. The lowest BCUT2D eigenvalue weighted by Crippen LogP contribution is -2.37. The fourth-order valence-corrected chi connectivity index (χ4v) is 2.21. The van der Waals surface area contributed by atoms with Crippen molar-refractivity contribution in [2.45, 2.75) is 6.04 Å². The lowest BCUT2D eigenvalue weighted by atomic mass is 10.3. The number of carboxylic acids is 1. The van der Waals surface area contributed by atoms with Crippen LogP contribution in [0.1, 0.15) is 0 Å². The highest BCUT2D eigenvalue weighted by Crippen LogP contribution is 2.42. The Morgan fingerprint density at radius 3 is 2.29 bits per heavy atom. The van der Waals surface area contributed by atoms with E-state index in [-0.39, 0.29) is 6.54 Å². The van der Waals surface area contributed by atoms with E-state index in [4.69, 9.17) is 5.11 Å². The number of hydrogen-bond donors (Lipinski definition) is 3. The Morgan fingerprint density at radius 1 is 1.57 bits per heavy atom. The van der Waals surface area contributed by atoms with Crippen molar-refractivity contribution in [3.8, 4) is 0 Å². The minimum absolute atomic E-state index is 0.0206. The van der Waals surface area contributed by atoms with Gasteiger partial charge in [0, 0.05) is 6.54 Å². The molecule has 5 nitrogen and oxygen atoms in total. The van der Waals surface area contributed by atoms with E-state index in [2.05, 4.69) is 25.0 Å². The first-order chi connectivity index (χ1) is 6.34. The monoisotopic (exact) mass is 237 g/mol. The second-order valence-corrected chi connectivity index (χ2v) is 5.45. The van der Waals surface area contributed by atoms with E-state index in [9.17, 15) is 14.6 Å². The molecule has 0 aliphatic carbocycles. The topological polar surface area (TPSA) is 81.0 Å². The van der Waals surface area contributed by atoms with E-state index < -0.39 is 18.7 Å². The van der Waals surface area contributed by atoms with Gasteiger partial charge in [0.2, 0.25) is 0 Å². The first kappa shape index (κ1) is 13.5. The van der Waals surface area contributed by atoms with Crippen LogP contribution in [-0.4, -0.2) is 38.1 Å². The van der Waals surface area contributed by atoms with Crippen LogP contribution in [0.5, 0.6) is 0 Å². The highest BCUT2D eigenvalue weighted by molar-refractivity contribution is 8.07. The maximum atomic E-state index is 10.7. The molecule has 0 amide bonds. The first-order valence-electron chi connectivity index (χ1n) is 3.63. The molecule has 0 fully saturated rings. The predicted octanol–water partition coefficient (Wildman–Crippen LogP) is 0.323. The molecule has 0 bridgehead atoms. The van der Waals surface area contributed by atoms with Crippen LogP contribution in [0.25, 0.3) is 0 Å². The van der Waals surface area contributed by atoms with Crippen LogP contribution in [0.2, 0.25) is 0 Å². The molecule has 14 heavy (non-hydrogen) atoms. The largest absolute Gasteiger partial charge is 0.480 e. The summed E-state index contributed by atoms with van der Waals surface area (Å²) in [5.41, 5.74) is 0. The van der Waals surface area contributed by atoms with Crippen molar-refractivity contribution < 1.29 is 19.7 Å². The summed E-state index contributed by atoms with van der Waals surface area (Å²) in [6.45, 7) is 2.87. The third kappa shape index (κ3) is 3.69. The smallest absolute Gasteiger partial charge is 0.325 e. The summed E-state index contributed by atoms with van der Waals surface area (Å²) in [7, 11) is 0. The van der Waals surface area contributed by atoms with E-state index in [1.54, 1.807) is 0 Å². The van der Waals surface area contributed by atoms with Crippen LogP contribution in [0.3, 0.4) is 0 Å². The van der Waals surface area contributed by atoms with Crippen molar-refractivity contribution in [3.63, 3.8) is 0 Å². The number of carbonyl (C=O) groups is 1. The minimum Gasteiger partial charge on any atom is -0.480 e. The predicted molar refractivity (Wildman–Crippen MR) is 57.2 cm³/mol. The zero-order valence-electron chi connectivity index (χ0n) is 7.41. The van der Waals surface area contributed by atoms with Crippen molar-refractivity contribution in [2.75, 3.05) is 6.54 Å². The van der Waals surface area contributed by atoms with Crippen LogP contribution >= 0.6 is 6.64 Å². The molecular formula is C7H12NO4PS. The number of nitrogens with zero attached hydrogens (tertiary/aromatic N) is 1. The summed E-state index contributed by atoms with van der Waals surface area (Å²) in [4.78, 5) is 29.1. The molecule has 1 atom stereocenters. The normalized spacial score (nSPS) is 13.6. The van der Waals surface area contributed by atoms with Crippen LogP contribution in [0.4, 0.5) is 0 Å². The van der Waals surface area contributed by atoms with Crippen molar-refractivity contribution in [2.24, 2.45) is 0 Å². The molecule has 0 rings (SSSR count). The summed E-state index contributed by atoms with van der Waals surface area (Å²) < 4.78 is 0.866. The van der Waals surface area contributed by atoms with Crippen LogP contribution in [0.15, 0.2) is 25.3 Å². The third-order valence-electron chi connectivity index (χ3n) is 1.45. The van der Waals surface area contributed by atoms with Gasteiger partial charge < -0.3 is 14.9 Å². The summed E-state index contributed by atoms with van der Waals surface area (Å²) in [6, 6.07) is -1.21. The SMILES string of the molecule is C=CCN(C(C=C)C(=O)O)P(O)(O)=S. The van der Waals surface area contributed by atoms with Gasteiger partial charge in [-0.05, 0) is 11.8 Å². The van der Waals surface area contributed by atoms with Crippen molar-refractivity contribution in [3.05, 3.63) is 25.3 Å². The van der Waals surface area contributed by atoms with E-state index in [0.717, 1.165) is 10.7 Å². The molecule has 1 unspecified atom stereocenters. The summed E-state index contributed by atoms with van der Waals surface area (Å²) in [5, 5.41) is 8.74. The van der Waals surface area contributed by atoms with Gasteiger partial charge in [-0.3, -0.25) is 4.79 Å². The Labute approximate surface area is 87.2 Å². The molecule has 80 valence electrons. The van der Waals surface area contributed by atoms with Gasteiger partial charge in [0.1, 0.15) is 6.04 Å². The van der Waals surface area contributed by atoms with E-state index in [0.29, 0.717) is 0 Å². The molecule has 0 saturated carbocycles. The molecule has 0 aliphatic heterocycles. The summed E-state index contributed by atoms with van der Waals surface area (Å²) in [5.74, 6) is -1.24. The fourth-order valence-electron chi connectivity index (χ4n) is 0.864. The lowest BCUT2D eigenvalue weighted by Gasteiger charge is -2.28. The Hall–Kier alpha value is -0.520. The number of aliphatic carboxylic acids is 1. The quantitative estimate of drug-likeness (QED) is 0.456. The number of carboxylic acid groups (broad SMARTS) is 1. The summed E-state index contributed by atoms with van der Waals surface area (Å²) >= 11 is 4.42. The molecule has 0 heterocycles. The minimum atomic E-state index is -3.78. The summed E-state index contributed by atoms with van der Waals surface area (Å²) in [6.07, 6.45) is 2.42. The molecule has 0 spiro atoms. The molecule has 0 aromatic rings. The second kappa shape index (κ2) is 5.38. The number of rotatable bonds is 6. The Balaban J connectivity index is 4.97. The van der Waals surface area contributed by atoms with Gasteiger partial charge in [0.05, 0.1) is 0 Å². The van der Waals surface area contributed by atoms with Gasteiger partial charge in [0.25, 0.3) is 6.64 Å². The van der Waals surface area contributed by atoms with Gasteiger partial charge in [-0.15, -0.1) is 13.2 Å². The standard InChI is InChI=1S/C7H12NO4PS/c1-3-5-8(13(11,12)14)6(4-2)7(9)10/h3-4,6H,1-2,5H2,(H,9,10)(H2,11,12,14). The average molecular weight is 237 g/mol.